The summed E-state index contributed by atoms with van der Waals surface area (Å²) in [7, 11) is 1.56. The van der Waals surface area contributed by atoms with Gasteiger partial charge in [0.05, 0.1) is 13.2 Å². The zero-order valence-corrected chi connectivity index (χ0v) is 12.3. The normalized spacial score (nSPS) is 12.2. The number of rotatable bonds is 4. The Balaban J connectivity index is 2.50. The maximum absolute atomic E-state index is 5.67. The lowest BCUT2D eigenvalue weighted by atomic mass is 10.0. The lowest BCUT2D eigenvalue weighted by molar-refractivity contribution is 0.383. The number of nitrogens with zero attached hydrogens (tertiary/aromatic N) is 2. The molecule has 1 atom stereocenters. The number of aryl methyl sites for hydroxylation is 1. The Morgan fingerprint density at radius 3 is 2.68 bits per heavy atom. The molecule has 1 heterocycles. The smallest absolute Gasteiger partial charge is 0.237 e. The first-order chi connectivity index (χ1) is 9.17. The highest BCUT2D eigenvalue weighted by Crippen LogP contribution is 2.31. The topological polar surface area (TPSA) is 73.1 Å². The van der Waals surface area contributed by atoms with Gasteiger partial charge in [0, 0.05) is 16.9 Å². The summed E-state index contributed by atoms with van der Waals surface area (Å²) in [6, 6.07) is 5.76. The fourth-order valence-electron chi connectivity index (χ4n) is 1.87. The molecule has 0 saturated heterocycles. The van der Waals surface area contributed by atoms with Gasteiger partial charge >= 0.3 is 0 Å². The third-order valence-electron chi connectivity index (χ3n) is 2.79. The van der Waals surface area contributed by atoms with E-state index in [-0.39, 0.29) is 6.04 Å². The molecule has 6 heteroatoms. The molecule has 0 saturated carbocycles. The Hall–Kier alpha value is -1.50. The molecule has 3 N–H and O–H groups in total. The Kier molecular flexibility index (Phi) is 4.47. The molecule has 5 nitrogen and oxygen atoms in total. The summed E-state index contributed by atoms with van der Waals surface area (Å²) in [4.78, 5) is 8.45. The SMILES string of the molecule is COc1nccnc1C(NN)c1ccc(C)cc1Br. The summed E-state index contributed by atoms with van der Waals surface area (Å²) < 4.78 is 6.19. The van der Waals surface area contributed by atoms with Crippen molar-refractivity contribution in [3.63, 3.8) is 0 Å². The van der Waals surface area contributed by atoms with Crippen molar-refractivity contribution in [1.29, 1.82) is 0 Å². The first-order valence-corrected chi connectivity index (χ1v) is 6.53. The maximum Gasteiger partial charge on any atom is 0.237 e. The number of hydrazine groups is 1. The van der Waals surface area contributed by atoms with Crippen LogP contribution in [0.5, 0.6) is 5.88 Å². The van der Waals surface area contributed by atoms with E-state index in [0.29, 0.717) is 11.6 Å². The molecular formula is C13H15BrN4O. The van der Waals surface area contributed by atoms with Crippen molar-refractivity contribution in [1.82, 2.24) is 15.4 Å². The molecule has 2 aromatic rings. The van der Waals surface area contributed by atoms with Crippen LogP contribution in [0.3, 0.4) is 0 Å². The molecule has 0 aliphatic carbocycles. The minimum Gasteiger partial charge on any atom is -0.480 e. The van der Waals surface area contributed by atoms with Gasteiger partial charge in [-0.1, -0.05) is 28.1 Å². The summed E-state index contributed by atoms with van der Waals surface area (Å²) in [6.45, 7) is 2.03. The molecule has 0 radical (unpaired) electrons. The van der Waals surface area contributed by atoms with Crippen LogP contribution in [0.15, 0.2) is 35.1 Å². The van der Waals surface area contributed by atoms with E-state index in [0.717, 1.165) is 15.6 Å². The number of halogens is 1. The molecule has 1 unspecified atom stereocenters. The van der Waals surface area contributed by atoms with Gasteiger partial charge in [-0.2, -0.15) is 0 Å². The highest BCUT2D eigenvalue weighted by atomic mass is 79.9. The average Bonchev–Trinajstić information content (AvgIpc) is 2.42. The molecule has 0 spiro atoms. The minimum atomic E-state index is -0.293. The molecule has 0 bridgehead atoms. The summed E-state index contributed by atoms with van der Waals surface area (Å²) in [5, 5.41) is 0. The van der Waals surface area contributed by atoms with Crippen molar-refractivity contribution in [3.05, 3.63) is 51.9 Å². The van der Waals surface area contributed by atoms with E-state index in [9.17, 15) is 0 Å². The van der Waals surface area contributed by atoms with Gasteiger partial charge in [0.15, 0.2) is 0 Å². The maximum atomic E-state index is 5.67. The molecule has 0 aliphatic heterocycles. The second-order valence-corrected chi connectivity index (χ2v) is 4.93. The van der Waals surface area contributed by atoms with Crippen LogP contribution in [0.1, 0.15) is 22.9 Å². The number of nitrogens with one attached hydrogen (secondary N) is 1. The lowest BCUT2D eigenvalue weighted by Crippen LogP contribution is -2.30. The highest BCUT2D eigenvalue weighted by Gasteiger charge is 2.21. The van der Waals surface area contributed by atoms with Crippen LogP contribution in [-0.2, 0) is 0 Å². The van der Waals surface area contributed by atoms with Gasteiger partial charge in [0.2, 0.25) is 5.88 Å². The molecule has 1 aromatic heterocycles. The number of hydrogen-bond acceptors (Lipinski definition) is 5. The van der Waals surface area contributed by atoms with Crippen LogP contribution >= 0.6 is 15.9 Å². The van der Waals surface area contributed by atoms with Gasteiger partial charge in [-0.05, 0) is 24.1 Å². The third kappa shape index (κ3) is 2.91. The van der Waals surface area contributed by atoms with Gasteiger partial charge in [-0.15, -0.1) is 0 Å². The zero-order valence-electron chi connectivity index (χ0n) is 10.7. The first-order valence-electron chi connectivity index (χ1n) is 5.74. The van der Waals surface area contributed by atoms with Crippen molar-refractivity contribution in [2.24, 2.45) is 5.84 Å². The molecular weight excluding hydrogens is 308 g/mol. The average molecular weight is 323 g/mol. The second-order valence-electron chi connectivity index (χ2n) is 4.08. The van der Waals surface area contributed by atoms with Crippen LogP contribution in [0.2, 0.25) is 0 Å². The number of hydrogen-bond donors (Lipinski definition) is 2. The number of nitrogens with two attached hydrogens (primary N) is 1. The van der Waals surface area contributed by atoms with E-state index in [1.165, 1.54) is 0 Å². The second kappa shape index (κ2) is 6.10. The van der Waals surface area contributed by atoms with Gasteiger partial charge in [0.1, 0.15) is 5.69 Å². The van der Waals surface area contributed by atoms with E-state index < -0.39 is 0 Å². The van der Waals surface area contributed by atoms with Crippen molar-refractivity contribution in [3.8, 4) is 5.88 Å². The van der Waals surface area contributed by atoms with E-state index in [4.69, 9.17) is 10.6 Å². The quantitative estimate of drug-likeness (QED) is 0.666. The van der Waals surface area contributed by atoms with Crippen molar-refractivity contribution >= 4 is 15.9 Å². The number of benzene rings is 1. The standard InChI is InChI=1S/C13H15BrN4O/c1-8-3-4-9(10(14)7-8)11(18-15)12-13(19-2)17-6-5-16-12/h3-7,11,18H,15H2,1-2H3. The van der Waals surface area contributed by atoms with E-state index in [1.54, 1.807) is 19.5 Å². The Bertz CT molecular complexity index is 576. The van der Waals surface area contributed by atoms with Gasteiger partial charge in [0.25, 0.3) is 0 Å². The van der Waals surface area contributed by atoms with Crippen LogP contribution in [0.4, 0.5) is 0 Å². The highest BCUT2D eigenvalue weighted by molar-refractivity contribution is 9.10. The number of aromatic nitrogens is 2. The third-order valence-corrected chi connectivity index (χ3v) is 3.48. The van der Waals surface area contributed by atoms with Gasteiger partial charge in [-0.3, -0.25) is 10.8 Å². The predicted octanol–water partition coefficient (Wildman–Crippen LogP) is 2.11. The zero-order chi connectivity index (χ0) is 13.8. The van der Waals surface area contributed by atoms with Crippen molar-refractivity contribution < 1.29 is 4.74 Å². The van der Waals surface area contributed by atoms with Crippen LogP contribution in [-0.4, -0.2) is 17.1 Å². The molecule has 100 valence electrons. The summed E-state index contributed by atoms with van der Waals surface area (Å²) >= 11 is 3.55. The van der Waals surface area contributed by atoms with Crippen LogP contribution in [0.25, 0.3) is 0 Å². The summed E-state index contributed by atoms with van der Waals surface area (Å²) in [5.74, 6) is 6.13. The fourth-order valence-corrected chi connectivity index (χ4v) is 2.60. The van der Waals surface area contributed by atoms with Crippen molar-refractivity contribution in [2.75, 3.05) is 7.11 Å². The van der Waals surface area contributed by atoms with E-state index in [1.807, 2.05) is 25.1 Å². The molecule has 2 rings (SSSR count). The minimum absolute atomic E-state index is 0.293. The van der Waals surface area contributed by atoms with E-state index in [2.05, 4.69) is 31.3 Å². The van der Waals surface area contributed by atoms with E-state index >= 15 is 0 Å². The molecule has 19 heavy (non-hydrogen) atoms. The van der Waals surface area contributed by atoms with Gasteiger partial charge in [-0.25, -0.2) is 10.4 Å². The predicted molar refractivity (Wildman–Crippen MR) is 76.6 cm³/mol. The summed E-state index contributed by atoms with van der Waals surface area (Å²) in [6.07, 6.45) is 3.20. The number of ether oxygens (including phenoxy) is 1. The number of methoxy groups -OCH3 is 1. The van der Waals surface area contributed by atoms with Crippen LogP contribution < -0.4 is 16.0 Å². The molecule has 0 amide bonds. The molecule has 1 aromatic carbocycles. The molecule has 0 aliphatic rings. The Morgan fingerprint density at radius 2 is 2.05 bits per heavy atom. The van der Waals surface area contributed by atoms with Gasteiger partial charge < -0.3 is 4.74 Å². The lowest BCUT2D eigenvalue weighted by Gasteiger charge is -2.19. The Labute approximate surface area is 120 Å². The largest absolute Gasteiger partial charge is 0.480 e. The monoisotopic (exact) mass is 322 g/mol. The first kappa shape index (κ1) is 13.9. The fraction of sp³-hybridized carbons (Fsp3) is 0.231. The Morgan fingerprint density at radius 1 is 1.32 bits per heavy atom. The summed E-state index contributed by atoms with van der Waals surface area (Å²) in [5.41, 5.74) is 5.55. The molecule has 0 fully saturated rings. The van der Waals surface area contributed by atoms with Crippen molar-refractivity contribution in [2.45, 2.75) is 13.0 Å². The van der Waals surface area contributed by atoms with Crippen LogP contribution in [0, 0.1) is 6.92 Å².